The molecule has 2 aromatic heterocycles. The lowest BCUT2D eigenvalue weighted by Crippen LogP contribution is -2.26. The van der Waals surface area contributed by atoms with Gasteiger partial charge in [0, 0.05) is 35.9 Å². The number of hydrogen-bond donors (Lipinski definition) is 1. The molecule has 0 aliphatic rings. The van der Waals surface area contributed by atoms with Gasteiger partial charge in [-0.3, -0.25) is 4.79 Å². The molecule has 0 radical (unpaired) electrons. The standard InChI is InChI=1S/C26H29N3O4S/c1-3-28(4-2)16-17-29-15-14-20-18-21(10-12-24(20)29)27-26(30)25-13-11-22(33-25)19-34(31,32)23-8-6-5-7-9-23/h5-15,18H,3-4,16-17,19H2,1-2H3,(H,27,30). The minimum atomic E-state index is -3.55. The van der Waals surface area contributed by atoms with Crippen LogP contribution < -0.4 is 5.32 Å². The predicted octanol–water partition coefficient (Wildman–Crippen LogP) is 4.80. The van der Waals surface area contributed by atoms with Crippen LogP contribution in [0.2, 0.25) is 0 Å². The van der Waals surface area contributed by atoms with Crippen molar-refractivity contribution in [2.75, 3.05) is 25.0 Å². The van der Waals surface area contributed by atoms with Crippen LogP contribution in [0.5, 0.6) is 0 Å². The highest BCUT2D eigenvalue weighted by Gasteiger charge is 2.19. The highest BCUT2D eigenvalue weighted by molar-refractivity contribution is 7.90. The maximum atomic E-state index is 12.7. The first-order valence-electron chi connectivity index (χ1n) is 11.4. The van der Waals surface area contributed by atoms with Gasteiger partial charge in [0.25, 0.3) is 5.91 Å². The van der Waals surface area contributed by atoms with E-state index < -0.39 is 15.7 Å². The van der Waals surface area contributed by atoms with E-state index >= 15 is 0 Å². The Bertz CT molecular complexity index is 1370. The summed E-state index contributed by atoms with van der Waals surface area (Å²) in [7, 11) is -3.55. The van der Waals surface area contributed by atoms with Crippen molar-refractivity contribution in [3.05, 3.63) is 84.4 Å². The summed E-state index contributed by atoms with van der Waals surface area (Å²) < 4.78 is 32.9. The SMILES string of the molecule is CCN(CC)CCn1ccc2cc(NC(=O)c3ccc(CS(=O)(=O)c4ccccc4)o3)ccc21. The Morgan fingerprint density at radius 1 is 1.00 bits per heavy atom. The van der Waals surface area contributed by atoms with Gasteiger partial charge in [-0.05, 0) is 61.6 Å². The van der Waals surface area contributed by atoms with Crippen LogP contribution >= 0.6 is 0 Å². The summed E-state index contributed by atoms with van der Waals surface area (Å²) in [4.78, 5) is 15.3. The lowest BCUT2D eigenvalue weighted by Gasteiger charge is -2.18. The van der Waals surface area contributed by atoms with Crippen molar-refractivity contribution < 1.29 is 17.6 Å². The molecular weight excluding hydrogens is 450 g/mol. The molecule has 0 aliphatic heterocycles. The average molecular weight is 480 g/mol. The molecule has 8 heteroatoms. The molecule has 4 aromatic rings. The zero-order valence-corrected chi connectivity index (χ0v) is 20.2. The lowest BCUT2D eigenvalue weighted by molar-refractivity contribution is 0.0995. The number of anilines is 1. The summed E-state index contributed by atoms with van der Waals surface area (Å²) >= 11 is 0. The number of benzene rings is 2. The smallest absolute Gasteiger partial charge is 0.291 e. The third kappa shape index (κ3) is 5.40. The molecule has 178 valence electrons. The van der Waals surface area contributed by atoms with Gasteiger partial charge in [-0.15, -0.1) is 0 Å². The van der Waals surface area contributed by atoms with E-state index in [9.17, 15) is 13.2 Å². The fourth-order valence-corrected chi connectivity index (χ4v) is 5.20. The first kappa shape index (κ1) is 23.8. The van der Waals surface area contributed by atoms with E-state index in [2.05, 4.69) is 34.8 Å². The lowest BCUT2D eigenvalue weighted by atomic mass is 10.2. The molecule has 0 aliphatic carbocycles. The van der Waals surface area contributed by atoms with Crippen LogP contribution in [0.4, 0.5) is 5.69 Å². The minimum Gasteiger partial charge on any atom is -0.455 e. The van der Waals surface area contributed by atoms with Crippen LogP contribution in [0.3, 0.4) is 0 Å². The summed E-state index contributed by atoms with van der Waals surface area (Å²) in [5.74, 6) is -0.453. The molecule has 0 spiro atoms. The Morgan fingerprint density at radius 3 is 2.50 bits per heavy atom. The first-order chi connectivity index (χ1) is 16.4. The van der Waals surface area contributed by atoms with Crippen LogP contribution in [-0.2, 0) is 22.1 Å². The Labute approximate surface area is 199 Å². The quantitative estimate of drug-likeness (QED) is 0.353. The van der Waals surface area contributed by atoms with Gasteiger partial charge in [-0.25, -0.2) is 8.42 Å². The third-order valence-electron chi connectivity index (χ3n) is 5.90. The maximum Gasteiger partial charge on any atom is 0.291 e. The highest BCUT2D eigenvalue weighted by atomic mass is 32.2. The maximum absolute atomic E-state index is 12.7. The normalized spacial score (nSPS) is 11.9. The summed E-state index contributed by atoms with van der Waals surface area (Å²) in [5.41, 5.74) is 1.76. The molecule has 34 heavy (non-hydrogen) atoms. The van der Waals surface area contributed by atoms with E-state index in [-0.39, 0.29) is 22.2 Å². The topological polar surface area (TPSA) is 84.5 Å². The van der Waals surface area contributed by atoms with Crippen LogP contribution in [-0.4, -0.2) is 43.4 Å². The number of likely N-dealkylation sites (N-methyl/N-ethyl adjacent to an activating group) is 1. The highest BCUT2D eigenvalue weighted by Crippen LogP contribution is 2.22. The van der Waals surface area contributed by atoms with E-state index in [0.717, 1.165) is 37.1 Å². The van der Waals surface area contributed by atoms with Gasteiger partial charge < -0.3 is 19.2 Å². The molecule has 0 unspecified atom stereocenters. The van der Waals surface area contributed by atoms with E-state index in [4.69, 9.17) is 4.42 Å². The van der Waals surface area contributed by atoms with Gasteiger partial charge in [0.05, 0.1) is 4.90 Å². The number of furan rings is 1. The zero-order valence-electron chi connectivity index (χ0n) is 19.4. The fourth-order valence-electron chi connectivity index (χ4n) is 3.93. The first-order valence-corrected chi connectivity index (χ1v) is 13.0. The molecule has 2 aromatic carbocycles. The van der Waals surface area contributed by atoms with Crippen LogP contribution in [0.15, 0.2) is 82.2 Å². The number of rotatable bonds is 10. The summed E-state index contributed by atoms with van der Waals surface area (Å²) in [6, 6.07) is 19.0. The van der Waals surface area contributed by atoms with Crippen LogP contribution in [0, 0.1) is 0 Å². The number of amides is 1. The number of aromatic nitrogens is 1. The van der Waals surface area contributed by atoms with E-state index in [1.807, 2.05) is 24.3 Å². The molecule has 1 amide bonds. The Hall–Kier alpha value is -3.36. The number of carbonyl (C=O) groups excluding carboxylic acids is 1. The van der Waals surface area contributed by atoms with Gasteiger partial charge >= 0.3 is 0 Å². The number of fused-ring (bicyclic) bond motifs is 1. The fraction of sp³-hybridized carbons (Fsp3) is 0.269. The molecule has 0 atom stereocenters. The molecule has 0 saturated carbocycles. The molecule has 0 saturated heterocycles. The summed E-state index contributed by atoms with van der Waals surface area (Å²) in [6.07, 6.45) is 2.06. The largest absolute Gasteiger partial charge is 0.455 e. The zero-order chi connectivity index (χ0) is 24.1. The second kappa shape index (κ2) is 10.3. The van der Waals surface area contributed by atoms with Crippen molar-refractivity contribution >= 4 is 32.3 Å². The number of hydrogen-bond acceptors (Lipinski definition) is 5. The van der Waals surface area contributed by atoms with Gasteiger partial charge in [0.2, 0.25) is 0 Å². The number of nitrogens with zero attached hydrogens (tertiary/aromatic N) is 2. The van der Waals surface area contributed by atoms with Gasteiger partial charge in [0.1, 0.15) is 11.5 Å². The van der Waals surface area contributed by atoms with Crippen molar-refractivity contribution in [2.45, 2.75) is 31.0 Å². The van der Waals surface area contributed by atoms with Crippen molar-refractivity contribution in [3.8, 4) is 0 Å². The van der Waals surface area contributed by atoms with Gasteiger partial charge in [-0.2, -0.15) is 0 Å². The number of carbonyl (C=O) groups is 1. The molecular formula is C26H29N3O4S. The second-order valence-electron chi connectivity index (χ2n) is 8.10. The molecule has 0 fully saturated rings. The average Bonchev–Trinajstić information content (AvgIpc) is 3.47. The second-order valence-corrected chi connectivity index (χ2v) is 10.1. The summed E-state index contributed by atoms with van der Waals surface area (Å²) in [5, 5.41) is 3.87. The molecule has 4 rings (SSSR count). The van der Waals surface area contributed by atoms with Crippen molar-refractivity contribution in [1.29, 1.82) is 0 Å². The van der Waals surface area contributed by atoms with Crippen molar-refractivity contribution in [2.24, 2.45) is 0 Å². The van der Waals surface area contributed by atoms with Gasteiger partial charge in [0.15, 0.2) is 15.6 Å². The van der Waals surface area contributed by atoms with Gasteiger partial charge in [-0.1, -0.05) is 32.0 Å². The van der Waals surface area contributed by atoms with E-state index in [1.54, 1.807) is 30.3 Å². The van der Waals surface area contributed by atoms with Crippen molar-refractivity contribution in [1.82, 2.24) is 9.47 Å². The predicted molar refractivity (Wildman–Crippen MR) is 134 cm³/mol. The molecule has 7 nitrogen and oxygen atoms in total. The third-order valence-corrected chi connectivity index (χ3v) is 7.56. The molecule has 0 bridgehead atoms. The van der Waals surface area contributed by atoms with E-state index in [0.29, 0.717) is 5.69 Å². The Morgan fingerprint density at radius 2 is 1.76 bits per heavy atom. The van der Waals surface area contributed by atoms with Crippen LogP contribution in [0.1, 0.15) is 30.2 Å². The summed E-state index contributed by atoms with van der Waals surface area (Å²) in [6.45, 7) is 8.26. The minimum absolute atomic E-state index is 0.0650. The molecule has 1 N–H and O–H groups in total. The van der Waals surface area contributed by atoms with Crippen molar-refractivity contribution in [3.63, 3.8) is 0 Å². The Balaban J connectivity index is 1.42. The molecule has 2 heterocycles. The Kier molecular flexibility index (Phi) is 7.19. The van der Waals surface area contributed by atoms with Crippen LogP contribution in [0.25, 0.3) is 10.9 Å². The number of sulfone groups is 1. The van der Waals surface area contributed by atoms with E-state index in [1.165, 1.54) is 12.1 Å². The number of nitrogens with one attached hydrogen (secondary N) is 1. The monoisotopic (exact) mass is 479 g/mol.